The van der Waals surface area contributed by atoms with E-state index in [-0.39, 0.29) is 16.3 Å². The van der Waals surface area contributed by atoms with Crippen LogP contribution in [0.5, 0.6) is 11.5 Å². The van der Waals surface area contributed by atoms with Crippen molar-refractivity contribution >= 4 is 23.2 Å². The Kier molecular flexibility index (Phi) is 4.65. The van der Waals surface area contributed by atoms with Gasteiger partial charge in [-0.25, -0.2) is 4.39 Å². The van der Waals surface area contributed by atoms with Crippen LogP contribution in [0.1, 0.15) is 10.4 Å². The standard InChI is InChI=1S/C15H13ClFNO3/c1-20-10-4-6-14(21-2)11(8-10)15(19)18-13-5-3-9(16)7-12(13)17/h3-8H,1-2H3,(H,18,19). The van der Waals surface area contributed by atoms with Crippen molar-refractivity contribution in [3.05, 3.63) is 52.8 Å². The number of ether oxygens (including phenoxy) is 2. The normalized spacial score (nSPS) is 10.1. The minimum absolute atomic E-state index is 0.0364. The predicted molar refractivity (Wildman–Crippen MR) is 78.9 cm³/mol. The zero-order valence-corrected chi connectivity index (χ0v) is 12.2. The Morgan fingerprint density at radius 2 is 1.90 bits per heavy atom. The van der Waals surface area contributed by atoms with E-state index < -0.39 is 11.7 Å². The molecule has 0 fully saturated rings. The Hall–Kier alpha value is -2.27. The summed E-state index contributed by atoms with van der Waals surface area (Å²) in [5, 5.41) is 2.73. The first-order valence-corrected chi connectivity index (χ1v) is 6.41. The molecule has 2 rings (SSSR count). The summed E-state index contributed by atoms with van der Waals surface area (Å²) in [5.41, 5.74) is 0.278. The maximum absolute atomic E-state index is 13.7. The van der Waals surface area contributed by atoms with Crippen LogP contribution in [-0.4, -0.2) is 20.1 Å². The van der Waals surface area contributed by atoms with E-state index in [0.717, 1.165) is 6.07 Å². The zero-order valence-electron chi connectivity index (χ0n) is 11.4. The summed E-state index contributed by atoms with van der Waals surface area (Å²) in [7, 11) is 2.93. The van der Waals surface area contributed by atoms with E-state index in [1.54, 1.807) is 12.1 Å². The molecular formula is C15H13ClFNO3. The van der Waals surface area contributed by atoms with Gasteiger partial charge in [0.05, 0.1) is 25.5 Å². The first kappa shape index (κ1) is 15.1. The van der Waals surface area contributed by atoms with E-state index in [9.17, 15) is 9.18 Å². The maximum atomic E-state index is 13.7. The van der Waals surface area contributed by atoms with Gasteiger partial charge in [0.1, 0.15) is 17.3 Å². The summed E-state index contributed by atoms with van der Waals surface area (Å²) in [6.45, 7) is 0. The minimum atomic E-state index is -0.613. The Morgan fingerprint density at radius 1 is 1.14 bits per heavy atom. The molecule has 0 aliphatic carbocycles. The molecule has 21 heavy (non-hydrogen) atoms. The van der Waals surface area contributed by atoms with Crippen LogP contribution in [-0.2, 0) is 0 Å². The molecule has 0 unspecified atom stereocenters. The third-order valence-corrected chi connectivity index (χ3v) is 3.07. The van der Waals surface area contributed by atoms with Gasteiger partial charge in [0.25, 0.3) is 5.91 Å². The second kappa shape index (κ2) is 6.45. The van der Waals surface area contributed by atoms with E-state index >= 15 is 0 Å². The van der Waals surface area contributed by atoms with Crippen molar-refractivity contribution in [1.82, 2.24) is 0 Å². The summed E-state index contributed by atoms with van der Waals surface area (Å²) in [4.78, 5) is 12.3. The number of anilines is 1. The molecule has 0 spiro atoms. The molecule has 1 amide bonds. The van der Waals surface area contributed by atoms with E-state index in [2.05, 4.69) is 5.32 Å². The van der Waals surface area contributed by atoms with Gasteiger partial charge in [-0.05, 0) is 36.4 Å². The average Bonchev–Trinajstić information content (AvgIpc) is 2.49. The molecule has 0 atom stereocenters. The number of carbonyl (C=O) groups excluding carboxylic acids is 1. The molecule has 0 bridgehead atoms. The van der Waals surface area contributed by atoms with Crippen LogP contribution in [0.2, 0.25) is 5.02 Å². The van der Waals surface area contributed by atoms with Gasteiger partial charge in [0.15, 0.2) is 0 Å². The molecule has 0 radical (unpaired) electrons. The first-order chi connectivity index (χ1) is 10.0. The monoisotopic (exact) mass is 309 g/mol. The lowest BCUT2D eigenvalue weighted by Gasteiger charge is -2.11. The number of hydrogen-bond donors (Lipinski definition) is 1. The van der Waals surface area contributed by atoms with Crippen LogP contribution in [0.15, 0.2) is 36.4 Å². The maximum Gasteiger partial charge on any atom is 0.259 e. The van der Waals surface area contributed by atoms with Crippen molar-refractivity contribution in [3.63, 3.8) is 0 Å². The van der Waals surface area contributed by atoms with Crippen molar-refractivity contribution in [3.8, 4) is 11.5 Å². The molecule has 0 saturated heterocycles. The minimum Gasteiger partial charge on any atom is -0.497 e. The quantitative estimate of drug-likeness (QED) is 0.935. The first-order valence-electron chi connectivity index (χ1n) is 6.03. The molecule has 110 valence electrons. The SMILES string of the molecule is COc1ccc(OC)c(C(=O)Nc2ccc(Cl)cc2F)c1. The third kappa shape index (κ3) is 3.44. The lowest BCUT2D eigenvalue weighted by atomic mass is 10.1. The molecule has 2 aromatic rings. The highest BCUT2D eigenvalue weighted by Crippen LogP contribution is 2.26. The van der Waals surface area contributed by atoms with E-state index in [4.69, 9.17) is 21.1 Å². The van der Waals surface area contributed by atoms with Gasteiger partial charge < -0.3 is 14.8 Å². The lowest BCUT2D eigenvalue weighted by Crippen LogP contribution is -2.14. The van der Waals surface area contributed by atoms with Gasteiger partial charge in [-0.15, -0.1) is 0 Å². The Balaban J connectivity index is 2.31. The molecule has 0 aliphatic rings. The van der Waals surface area contributed by atoms with Crippen molar-refractivity contribution in [1.29, 1.82) is 0 Å². The fraction of sp³-hybridized carbons (Fsp3) is 0.133. The largest absolute Gasteiger partial charge is 0.497 e. The molecule has 6 heteroatoms. The van der Waals surface area contributed by atoms with Crippen LogP contribution in [0.4, 0.5) is 10.1 Å². The third-order valence-electron chi connectivity index (χ3n) is 2.83. The Bertz CT molecular complexity index is 676. The van der Waals surface area contributed by atoms with Crippen LogP contribution in [0.25, 0.3) is 0 Å². The predicted octanol–water partition coefficient (Wildman–Crippen LogP) is 3.75. The summed E-state index contributed by atoms with van der Waals surface area (Å²) >= 11 is 5.67. The van der Waals surface area contributed by atoms with Crippen molar-refractivity contribution < 1.29 is 18.7 Å². The summed E-state index contributed by atoms with van der Waals surface area (Å²) < 4.78 is 23.9. The Morgan fingerprint density at radius 3 is 2.52 bits per heavy atom. The van der Waals surface area contributed by atoms with Gasteiger partial charge in [-0.1, -0.05) is 11.6 Å². The number of amides is 1. The average molecular weight is 310 g/mol. The van der Waals surface area contributed by atoms with Gasteiger partial charge in [0.2, 0.25) is 0 Å². The fourth-order valence-electron chi connectivity index (χ4n) is 1.77. The van der Waals surface area contributed by atoms with Crippen molar-refractivity contribution in [2.75, 3.05) is 19.5 Å². The van der Waals surface area contributed by atoms with E-state index in [1.807, 2.05) is 0 Å². The van der Waals surface area contributed by atoms with Gasteiger partial charge >= 0.3 is 0 Å². The number of carbonyl (C=O) groups is 1. The molecule has 2 aromatic carbocycles. The van der Waals surface area contributed by atoms with Crippen LogP contribution >= 0.6 is 11.6 Å². The number of rotatable bonds is 4. The van der Waals surface area contributed by atoms with Crippen molar-refractivity contribution in [2.45, 2.75) is 0 Å². The molecule has 0 heterocycles. The Labute approximate surface area is 126 Å². The second-order valence-electron chi connectivity index (χ2n) is 4.14. The molecule has 1 N–H and O–H groups in total. The highest BCUT2D eigenvalue weighted by molar-refractivity contribution is 6.30. The molecule has 0 aromatic heterocycles. The second-order valence-corrected chi connectivity index (χ2v) is 4.58. The topological polar surface area (TPSA) is 47.6 Å². The van der Waals surface area contributed by atoms with Crippen LogP contribution in [0, 0.1) is 5.82 Å². The molecule has 4 nitrogen and oxygen atoms in total. The number of methoxy groups -OCH3 is 2. The van der Waals surface area contributed by atoms with E-state index in [0.29, 0.717) is 11.5 Å². The van der Waals surface area contributed by atoms with E-state index in [1.165, 1.54) is 32.4 Å². The number of halogens is 2. The molecule has 0 saturated carbocycles. The van der Waals surface area contributed by atoms with Gasteiger partial charge in [-0.2, -0.15) is 0 Å². The number of benzene rings is 2. The van der Waals surface area contributed by atoms with Gasteiger partial charge in [0, 0.05) is 5.02 Å². The summed E-state index contributed by atoms with van der Waals surface area (Å²) in [6.07, 6.45) is 0. The molecule has 0 aliphatic heterocycles. The smallest absolute Gasteiger partial charge is 0.259 e. The highest BCUT2D eigenvalue weighted by Gasteiger charge is 2.15. The highest BCUT2D eigenvalue weighted by atomic mass is 35.5. The zero-order chi connectivity index (χ0) is 15.4. The fourth-order valence-corrected chi connectivity index (χ4v) is 1.93. The van der Waals surface area contributed by atoms with Crippen molar-refractivity contribution in [2.24, 2.45) is 0 Å². The van der Waals surface area contributed by atoms with Crippen LogP contribution < -0.4 is 14.8 Å². The van der Waals surface area contributed by atoms with Crippen LogP contribution in [0.3, 0.4) is 0 Å². The number of hydrogen-bond acceptors (Lipinski definition) is 3. The summed E-state index contributed by atoms with van der Waals surface area (Å²) in [6, 6.07) is 8.79. The van der Waals surface area contributed by atoms with Gasteiger partial charge in [-0.3, -0.25) is 4.79 Å². The number of nitrogens with one attached hydrogen (secondary N) is 1. The lowest BCUT2D eigenvalue weighted by molar-refractivity contribution is 0.102. The summed E-state index contributed by atoms with van der Waals surface area (Å²) in [5.74, 6) is -0.259. The molecular weight excluding hydrogens is 297 g/mol.